The molecule has 8 nitrogen and oxygen atoms in total. The predicted octanol–water partition coefficient (Wildman–Crippen LogP) is 3.05. The third kappa shape index (κ3) is 4.45. The summed E-state index contributed by atoms with van der Waals surface area (Å²) < 4.78 is 93.6. The Hall–Kier alpha value is -2.38. The van der Waals surface area contributed by atoms with Crippen LogP contribution in [0.5, 0.6) is 0 Å². The zero-order chi connectivity index (χ0) is 26.0. The summed E-state index contributed by atoms with van der Waals surface area (Å²) >= 11 is 0. The lowest BCUT2D eigenvalue weighted by Crippen LogP contribution is -2.38. The second kappa shape index (κ2) is 8.59. The van der Waals surface area contributed by atoms with E-state index in [4.69, 9.17) is 0 Å². The fourth-order valence-electron chi connectivity index (χ4n) is 4.90. The first-order chi connectivity index (χ1) is 16.8. The van der Waals surface area contributed by atoms with Gasteiger partial charge in [0.2, 0.25) is 0 Å². The highest BCUT2D eigenvalue weighted by Crippen LogP contribution is 2.51. The van der Waals surface area contributed by atoms with Crippen LogP contribution in [0.25, 0.3) is 11.3 Å². The van der Waals surface area contributed by atoms with Crippen molar-refractivity contribution >= 4 is 31.6 Å². The van der Waals surface area contributed by atoms with Gasteiger partial charge in [-0.3, -0.25) is 4.90 Å². The number of halogens is 3. The Kier molecular flexibility index (Phi) is 6.03. The molecule has 1 aromatic heterocycles. The van der Waals surface area contributed by atoms with Gasteiger partial charge in [-0.1, -0.05) is 12.1 Å². The fourth-order valence-corrected chi connectivity index (χ4v) is 7.37. The topological polar surface area (TPSA) is 90.9 Å². The summed E-state index contributed by atoms with van der Waals surface area (Å²) in [5, 5.41) is -0.375. The number of piperidine rings is 1. The van der Waals surface area contributed by atoms with Crippen LogP contribution >= 0.6 is 0 Å². The van der Waals surface area contributed by atoms with Crippen molar-refractivity contribution in [2.24, 2.45) is 5.92 Å². The second-order valence-corrected chi connectivity index (χ2v) is 14.0. The Morgan fingerprint density at radius 2 is 1.81 bits per heavy atom. The lowest BCUT2D eigenvalue weighted by atomic mass is 10.0. The van der Waals surface area contributed by atoms with Gasteiger partial charge in [0.1, 0.15) is 15.7 Å². The van der Waals surface area contributed by atoms with E-state index >= 15 is 4.39 Å². The number of fused-ring (bicyclic) bond motifs is 1. The van der Waals surface area contributed by atoms with Crippen LogP contribution in [-0.4, -0.2) is 70.8 Å². The van der Waals surface area contributed by atoms with Crippen LogP contribution in [0, 0.1) is 11.7 Å². The molecule has 1 unspecified atom stereocenters. The van der Waals surface area contributed by atoms with Crippen molar-refractivity contribution in [3.63, 3.8) is 0 Å². The standard InChI is InChI=1S/C23H27F3N4O4S2/c1-28-22-20(30(36(28,33)34)14-16-12-23(16,25)26)7-6-19(27-22)18-5-3-4-15(21(18)24)13-29-10-8-17(9-11-29)35(2,31)32/h3-7,16-17H,8-14H2,1-2H3. The zero-order valence-corrected chi connectivity index (χ0v) is 21.5. The molecule has 1 aromatic carbocycles. The molecule has 2 aliphatic heterocycles. The Balaban J connectivity index is 1.38. The van der Waals surface area contributed by atoms with Gasteiger partial charge in [-0.2, -0.15) is 8.42 Å². The van der Waals surface area contributed by atoms with E-state index in [0.29, 0.717) is 38.0 Å². The van der Waals surface area contributed by atoms with Crippen molar-refractivity contribution < 1.29 is 30.0 Å². The number of nitrogens with zero attached hydrogens (tertiary/aromatic N) is 4. The number of anilines is 2. The minimum absolute atomic E-state index is 0.0594. The molecule has 2 fully saturated rings. The van der Waals surface area contributed by atoms with Crippen LogP contribution in [0.1, 0.15) is 24.8 Å². The van der Waals surface area contributed by atoms with Gasteiger partial charge in [0.15, 0.2) is 5.82 Å². The smallest absolute Gasteiger partial charge is 0.299 e. The van der Waals surface area contributed by atoms with E-state index in [1.807, 2.05) is 4.90 Å². The highest BCUT2D eigenvalue weighted by atomic mass is 32.2. The van der Waals surface area contributed by atoms with E-state index in [2.05, 4.69) is 4.98 Å². The summed E-state index contributed by atoms with van der Waals surface area (Å²) in [5.74, 6) is -4.34. The first-order valence-corrected chi connectivity index (χ1v) is 15.0. The average Bonchev–Trinajstić information content (AvgIpc) is 3.37. The molecule has 0 bridgehead atoms. The van der Waals surface area contributed by atoms with Gasteiger partial charge in [0, 0.05) is 49.9 Å². The molecule has 1 saturated heterocycles. The molecular weight excluding hydrogens is 517 g/mol. The molecule has 0 N–H and O–H groups in total. The number of pyridine rings is 1. The van der Waals surface area contributed by atoms with Crippen molar-refractivity contribution in [1.29, 1.82) is 0 Å². The van der Waals surface area contributed by atoms with Crippen LogP contribution in [0.4, 0.5) is 24.7 Å². The van der Waals surface area contributed by atoms with Gasteiger partial charge >= 0.3 is 10.2 Å². The molecule has 0 amide bonds. The maximum absolute atomic E-state index is 15.5. The van der Waals surface area contributed by atoms with Crippen LogP contribution in [0.15, 0.2) is 30.3 Å². The molecular formula is C23H27F3N4O4S2. The molecule has 1 aliphatic carbocycles. The lowest BCUT2D eigenvalue weighted by Gasteiger charge is -2.31. The highest BCUT2D eigenvalue weighted by molar-refractivity contribution is 7.94. The van der Waals surface area contributed by atoms with E-state index < -0.39 is 37.7 Å². The van der Waals surface area contributed by atoms with Gasteiger partial charge < -0.3 is 0 Å². The number of rotatable bonds is 6. The average molecular weight is 545 g/mol. The number of sulfone groups is 1. The molecule has 196 valence electrons. The van der Waals surface area contributed by atoms with Gasteiger partial charge in [-0.15, -0.1) is 0 Å². The third-order valence-corrected chi connectivity index (χ3v) is 10.7. The van der Waals surface area contributed by atoms with E-state index in [0.717, 1.165) is 8.61 Å². The SMILES string of the molecule is CN1c2nc(-c3cccc(CN4CCC(S(C)(=O)=O)CC4)c3F)ccc2N(CC2CC2(F)F)S1(=O)=O. The van der Waals surface area contributed by atoms with Gasteiger partial charge in [-0.05, 0) is 44.1 Å². The molecule has 1 saturated carbocycles. The molecule has 36 heavy (non-hydrogen) atoms. The normalized spacial score (nSPS) is 23.6. The molecule has 1 atom stereocenters. The van der Waals surface area contributed by atoms with E-state index in [-0.39, 0.29) is 41.0 Å². The third-order valence-electron chi connectivity index (χ3n) is 7.28. The minimum atomic E-state index is -4.05. The molecule has 5 rings (SSSR count). The maximum atomic E-state index is 15.5. The largest absolute Gasteiger partial charge is 0.327 e. The highest BCUT2D eigenvalue weighted by Gasteiger charge is 2.59. The summed E-state index contributed by atoms with van der Waals surface area (Å²) in [6.07, 6.45) is 1.88. The summed E-state index contributed by atoms with van der Waals surface area (Å²) in [7, 11) is -5.86. The first-order valence-electron chi connectivity index (χ1n) is 11.6. The summed E-state index contributed by atoms with van der Waals surface area (Å²) in [5.41, 5.74) is 1.03. The van der Waals surface area contributed by atoms with Crippen molar-refractivity contribution in [2.75, 3.05) is 41.5 Å². The number of likely N-dealkylation sites (tertiary alicyclic amines) is 1. The zero-order valence-electron chi connectivity index (χ0n) is 19.9. The van der Waals surface area contributed by atoms with Crippen molar-refractivity contribution in [1.82, 2.24) is 9.88 Å². The molecule has 3 aliphatic rings. The second-order valence-electron chi connectivity index (χ2n) is 9.79. The van der Waals surface area contributed by atoms with E-state index in [1.54, 1.807) is 18.2 Å². The molecule has 0 spiro atoms. The number of hydrogen-bond acceptors (Lipinski definition) is 6. The minimum Gasteiger partial charge on any atom is -0.299 e. The molecule has 0 radical (unpaired) electrons. The lowest BCUT2D eigenvalue weighted by molar-refractivity contribution is 0.101. The number of benzene rings is 1. The Bertz CT molecular complexity index is 1410. The summed E-state index contributed by atoms with van der Waals surface area (Å²) in [6, 6.07) is 7.86. The number of alkyl halides is 2. The van der Waals surface area contributed by atoms with E-state index in [9.17, 15) is 25.6 Å². The molecule has 13 heteroatoms. The van der Waals surface area contributed by atoms with Crippen LogP contribution in [0.2, 0.25) is 0 Å². The molecule has 2 aromatic rings. The van der Waals surface area contributed by atoms with Crippen LogP contribution in [-0.2, 0) is 26.6 Å². The van der Waals surface area contributed by atoms with Gasteiger partial charge in [0.25, 0.3) is 5.92 Å². The Labute approximate surface area is 208 Å². The van der Waals surface area contributed by atoms with Gasteiger partial charge in [-0.25, -0.2) is 35.2 Å². The Morgan fingerprint density at radius 1 is 1.14 bits per heavy atom. The monoisotopic (exact) mass is 544 g/mol. The quantitative estimate of drug-likeness (QED) is 0.555. The van der Waals surface area contributed by atoms with Crippen LogP contribution < -0.4 is 8.61 Å². The predicted molar refractivity (Wildman–Crippen MR) is 130 cm³/mol. The molecule has 3 heterocycles. The summed E-state index contributed by atoms with van der Waals surface area (Å²) in [6.45, 7) is 1.04. The maximum Gasteiger partial charge on any atom is 0.327 e. The Morgan fingerprint density at radius 3 is 2.42 bits per heavy atom. The first kappa shape index (κ1) is 25.3. The number of hydrogen-bond donors (Lipinski definition) is 0. The van der Waals surface area contributed by atoms with Crippen LogP contribution in [0.3, 0.4) is 0 Å². The van der Waals surface area contributed by atoms with Crippen molar-refractivity contribution in [2.45, 2.75) is 37.0 Å². The van der Waals surface area contributed by atoms with Gasteiger partial charge in [0.05, 0.1) is 16.6 Å². The summed E-state index contributed by atoms with van der Waals surface area (Å²) in [4.78, 5) is 6.40. The van der Waals surface area contributed by atoms with Crippen molar-refractivity contribution in [3.8, 4) is 11.3 Å². The fraction of sp³-hybridized carbons (Fsp3) is 0.522. The van der Waals surface area contributed by atoms with Crippen molar-refractivity contribution in [3.05, 3.63) is 41.7 Å². The number of aromatic nitrogens is 1. The van der Waals surface area contributed by atoms with E-state index in [1.165, 1.54) is 25.4 Å².